The molecule has 1 aliphatic heterocycles. The van der Waals surface area contributed by atoms with Crippen LogP contribution in [0.5, 0.6) is 0 Å². The zero-order valence-corrected chi connectivity index (χ0v) is 11.5. The van der Waals surface area contributed by atoms with Crippen molar-refractivity contribution >= 4 is 5.91 Å². The summed E-state index contributed by atoms with van der Waals surface area (Å²) >= 11 is 0. The lowest BCUT2D eigenvalue weighted by Gasteiger charge is -2.50. The molecule has 0 radical (unpaired) electrons. The minimum absolute atomic E-state index is 0.141. The van der Waals surface area contributed by atoms with Gasteiger partial charge in [0.15, 0.2) is 0 Å². The third kappa shape index (κ3) is 2.10. The van der Waals surface area contributed by atoms with Crippen LogP contribution in [0.2, 0.25) is 0 Å². The van der Waals surface area contributed by atoms with E-state index >= 15 is 0 Å². The third-order valence-corrected chi connectivity index (χ3v) is 4.87. The first kappa shape index (κ1) is 12.9. The normalized spacial score (nSPS) is 30.5. The van der Waals surface area contributed by atoms with Gasteiger partial charge in [0.1, 0.15) is 5.60 Å². The van der Waals surface area contributed by atoms with Gasteiger partial charge in [-0.05, 0) is 24.2 Å². The molecule has 2 aliphatic rings. The van der Waals surface area contributed by atoms with Crippen LogP contribution in [0.15, 0.2) is 0 Å². The van der Waals surface area contributed by atoms with E-state index in [1.165, 1.54) is 0 Å². The maximum Gasteiger partial charge on any atom is 0.226 e. The van der Waals surface area contributed by atoms with Crippen molar-refractivity contribution in [2.24, 2.45) is 17.3 Å². The Bertz CT molecular complexity index is 316. The van der Waals surface area contributed by atoms with Gasteiger partial charge >= 0.3 is 0 Å². The van der Waals surface area contributed by atoms with Crippen LogP contribution in [-0.2, 0) is 4.79 Å². The summed E-state index contributed by atoms with van der Waals surface area (Å²) in [6, 6.07) is 0. The van der Waals surface area contributed by atoms with Crippen LogP contribution in [0.25, 0.3) is 0 Å². The SMILES string of the molecule is CC(C)C1(O)CN(C(=O)C2CCCC2(C)C)C1. The smallest absolute Gasteiger partial charge is 0.226 e. The molecule has 0 bridgehead atoms. The Morgan fingerprint density at radius 3 is 2.35 bits per heavy atom. The van der Waals surface area contributed by atoms with E-state index in [1.807, 2.05) is 18.7 Å². The quantitative estimate of drug-likeness (QED) is 0.801. The van der Waals surface area contributed by atoms with E-state index < -0.39 is 5.60 Å². The monoisotopic (exact) mass is 239 g/mol. The van der Waals surface area contributed by atoms with Crippen molar-refractivity contribution in [3.63, 3.8) is 0 Å². The van der Waals surface area contributed by atoms with Gasteiger partial charge in [0.25, 0.3) is 0 Å². The summed E-state index contributed by atoms with van der Waals surface area (Å²) in [5.74, 6) is 0.653. The molecule has 98 valence electrons. The number of rotatable bonds is 2. The first-order valence-electron chi connectivity index (χ1n) is 6.77. The van der Waals surface area contributed by atoms with E-state index in [0.717, 1.165) is 19.3 Å². The molecule has 0 aromatic heterocycles. The second-order valence-electron chi connectivity index (χ2n) is 6.89. The van der Waals surface area contributed by atoms with Crippen LogP contribution < -0.4 is 0 Å². The fraction of sp³-hybridized carbons (Fsp3) is 0.929. The summed E-state index contributed by atoms with van der Waals surface area (Å²) < 4.78 is 0. The Hall–Kier alpha value is -0.570. The Morgan fingerprint density at radius 2 is 1.94 bits per heavy atom. The molecule has 3 nitrogen and oxygen atoms in total. The van der Waals surface area contributed by atoms with Crippen molar-refractivity contribution in [2.75, 3.05) is 13.1 Å². The Kier molecular flexibility index (Phi) is 3.01. The van der Waals surface area contributed by atoms with Gasteiger partial charge in [-0.2, -0.15) is 0 Å². The van der Waals surface area contributed by atoms with E-state index in [4.69, 9.17) is 0 Å². The van der Waals surface area contributed by atoms with Crippen molar-refractivity contribution < 1.29 is 9.90 Å². The molecule has 0 aromatic carbocycles. The highest BCUT2D eigenvalue weighted by atomic mass is 16.3. The second kappa shape index (κ2) is 3.98. The van der Waals surface area contributed by atoms with Crippen molar-refractivity contribution in [3.05, 3.63) is 0 Å². The average Bonchev–Trinajstić information content (AvgIpc) is 2.51. The van der Waals surface area contributed by atoms with Gasteiger partial charge < -0.3 is 10.0 Å². The number of amides is 1. The van der Waals surface area contributed by atoms with Crippen molar-refractivity contribution in [2.45, 2.75) is 52.6 Å². The Balaban J connectivity index is 1.96. The fourth-order valence-electron chi connectivity index (χ4n) is 3.14. The predicted molar refractivity (Wildman–Crippen MR) is 67.5 cm³/mol. The highest BCUT2D eigenvalue weighted by Crippen LogP contribution is 2.44. The largest absolute Gasteiger partial charge is 0.386 e. The molecule has 0 spiro atoms. The van der Waals surface area contributed by atoms with Crippen LogP contribution in [0.4, 0.5) is 0 Å². The number of likely N-dealkylation sites (tertiary alicyclic amines) is 1. The molecule has 1 heterocycles. The molecule has 0 aromatic rings. The van der Waals surface area contributed by atoms with Crippen LogP contribution in [0.1, 0.15) is 47.0 Å². The van der Waals surface area contributed by atoms with Crippen LogP contribution in [-0.4, -0.2) is 34.6 Å². The summed E-state index contributed by atoms with van der Waals surface area (Å²) in [6.07, 6.45) is 3.32. The Labute approximate surface area is 104 Å². The molecule has 1 amide bonds. The van der Waals surface area contributed by atoms with Crippen LogP contribution in [0.3, 0.4) is 0 Å². The molecule has 1 aliphatic carbocycles. The van der Waals surface area contributed by atoms with Crippen LogP contribution in [0, 0.1) is 17.3 Å². The number of β-amino-alcohol motifs (C(OH)–C–C–N with tert-alkyl or cyclic N) is 1. The molecule has 1 atom stereocenters. The lowest BCUT2D eigenvalue weighted by molar-refractivity contribution is -0.170. The highest BCUT2D eigenvalue weighted by molar-refractivity contribution is 5.81. The first-order chi connectivity index (χ1) is 7.76. The van der Waals surface area contributed by atoms with E-state index in [9.17, 15) is 9.90 Å². The number of hydrogen-bond acceptors (Lipinski definition) is 2. The molecule has 17 heavy (non-hydrogen) atoms. The van der Waals surface area contributed by atoms with Gasteiger partial charge in [0.2, 0.25) is 5.91 Å². The molecule has 2 fully saturated rings. The van der Waals surface area contributed by atoms with E-state index in [2.05, 4.69) is 13.8 Å². The van der Waals surface area contributed by atoms with Gasteiger partial charge in [-0.15, -0.1) is 0 Å². The number of carbonyl (C=O) groups is 1. The highest BCUT2D eigenvalue weighted by Gasteiger charge is 2.50. The molecule has 1 saturated heterocycles. The number of carbonyl (C=O) groups excluding carboxylic acids is 1. The molecule has 3 heteroatoms. The van der Waals surface area contributed by atoms with Crippen molar-refractivity contribution in [1.29, 1.82) is 0 Å². The molecule has 1 unspecified atom stereocenters. The van der Waals surface area contributed by atoms with E-state index in [1.54, 1.807) is 0 Å². The summed E-state index contributed by atoms with van der Waals surface area (Å²) in [4.78, 5) is 14.2. The summed E-state index contributed by atoms with van der Waals surface area (Å²) in [5.41, 5.74) is -0.499. The Morgan fingerprint density at radius 1 is 1.35 bits per heavy atom. The lowest BCUT2D eigenvalue weighted by Crippen LogP contribution is -2.67. The second-order valence-corrected chi connectivity index (χ2v) is 6.89. The van der Waals surface area contributed by atoms with Gasteiger partial charge in [-0.25, -0.2) is 0 Å². The van der Waals surface area contributed by atoms with E-state index in [-0.39, 0.29) is 23.2 Å². The molecular formula is C14H25NO2. The number of aliphatic hydroxyl groups is 1. The van der Waals surface area contributed by atoms with Gasteiger partial charge in [-0.1, -0.05) is 34.1 Å². The maximum atomic E-state index is 12.4. The van der Waals surface area contributed by atoms with Crippen molar-refractivity contribution in [1.82, 2.24) is 4.90 Å². The minimum Gasteiger partial charge on any atom is -0.386 e. The summed E-state index contributed by atoms with van der Waals surface area (Å²) in [7, 11) is 0. The summed E-state index contributed by atoms with van der Waals surface area (Å²) in [5, 5.41) is 10.2. The van der Waals surface area contributed by atoms with Gasteiger partial charge in [-0.3, -0.25) is 4.79 Å². The number of hydrogen-bond donors (Lipinski definition) is 1. The van der Waals surface area contributed by atoms with Crippen LogP contribution >= 0.6 is 0 Å². The molecule has 1 saturated carbocycles. The zero-order chi connectivity index (χ0) is 12.8. The molecular weight excluding hydrogens is 214 g/mol. The number of nitrogens with zero attached hydrogens (tertiary/aromatic N) is 1. The average molecular weight is 239 g/mol. The third-order valence-electron chi connectivity index (χ3n) is 4.87. The zero-order valence-electron chi connectivity index (χ0n) is 11.5. The first-order valence-corrected chi connectivity index (χ1v) is 6.77. The standard InChI is InChI=1S/C14H25NO2/c1-10(2)14(17)8-15(9-14)12(16)11-6-5-7-13(11,3)4/h10-11,17H,5-9H2,1-4H3. The predicted octanol–water partition coefficient (Wildman–Crippen LogP) is 2.04. The van der Waals surface area contributed by atoms with Gasteiger partial charge in [0, 0.05) is 5.92 Å². The van der Waals surface area contributed by atoms with Gasteiger partial charge in [0.05, 0.1) is 13.1 Å². The molecule has 1 N–H and O–H groups in total. The molecule has 2 rings (SSSR count). The maximum absolute atomic E-state index is 12.4. The van der Waals surface area contributed by atoms with E-state index in [0.29, 0.717) is 13.1 Å². The van der Waals surface area contributed by atoms with Crippen molar-refractivity contribution in [3.8, 4) is 0 Å². The summed E-state index contributed by atoms with van der Waals surface area (Å²) in [6.45, 7) is 9.46. The topological polar surface area (TPSA) is 40.5 Å². The lowest BCUT2D eigenvalue weighted by atomic mass is 9.78. The minimum atomic E-state index is -0.640. The fourth-order valence-corrected chi connectivity index (χ4v) is 3.14.